The van der Waals surface area contributed by atoms with Gasteiger partial charge < -0.3 is 10.4 Å². The van der Waals surface area contributed by atoms with Gasteiger partial charge in [0.15, 0.2) is 5.69 Å². The Labute approximate surface area is 86.9 Å². The zero-order valence-electron chi connectivity index (χ0n) is 8.65. The average molecular weight is 211 g/mol. The van der Waals surface area contributed by atoms with Crippen LogP contribution in [-0.2, 0) is 11.8 Å². The third-order valence-electron chi connectivity index (χ3n) is 1.85. The molecule has 15 heavy (non-hydrogen) atoms. The summed E-state index contributed by atoms with van der Waals surface area (Å²) in [5, 5.41) is 14.8. The van der Waals surface area contributed by atoms with Gasteiger partial charge in [-0.15, -0.1) is 0 Å². The van der Waals surface area contributed by atoms with Gasteiger partial charge in [-0.2, -0.15) is 5.10 Å². The number of amides is 1. The molecule has 1 aromatic heterocycles. The van der Waals surface area contributed by atoms with Crippen molar-refractivity contribution in [3.05, 3.63) is 17.5 Å². The van der Waals surface area contributed by atoms with Crippen molar-refractivity contribution in [1.29, 1.82) is 0 Å². The van der Waals surface area contributed by atoms with Crippen LogP contribution in [0.3, 0.4) is 0 Å². The first kappa shape index (κ1) is 11.2. The molecule has 0 bridgehead atoms. The Kier molecular flexibility index (Phi) is 3.43. The minimum absolute atomic E-state index is 0.0857. The fourth-order valence-corrected chi connectivity index (χ4v) is 1.20. The Bertz CT molecular complexity index is 384. The Balaban J connectivity index is 2.54. The van der Waals surface area contributed by atoms with Crippen molar-refractivity contribution in [2.24, 2.45) is 7.05 Å². The standard InChI is InChI=1S/C9H13N3O3/c1-6-5-12(2)11-8(6)9(15)10-4-3-7(13)14/h5H,3-4H2,1-2H3,(H,10,15)(H,13,14). The topological polar surface area (TPSA) is 84.2 Å². The van der Waals surface area contributed by atoms with Gasteiger partial charge in [0.1, 0.15) is 0 Å². The van der Waals surface area contributed by atoms with Crippen LogP contribution in [0.25, 0.3) is 0 Å². The predicted molar refractivity (Wildman–Crippen MR) is 52.5 cm³/mol. The van der Waals surface area contributed by atoms with Gasteiger partial charge in [-0.3, -0.25) is 14.3 Å². The van der Waals surface area contributed by atoms with E-state index in [4.69, 9.17) is 5.11 Å². The lowest BCUT2D eigenvalue weighted by Crippen LogP contribution is -2.27. The molecule has 0 spiro atoms. The fourth-order valence-electron chi connectivity index (χ4n) is 1.20. The monoisotopic (exact) mass is 211 g/mol. The Morgan fingerprint density at radius 3 is 2.73 bits per heavy atom. The molecule has 82 valence electrons. The maximum absolute atomic E-state index is 11.5. The number of aliphatic carboxylic acids is 1. The number of aromatic nitrogens is 2. The Hall–Kier alpha value is -1.85. The molecule has 0 aliphatic rings. The van der Waals surface area contributed by atoms with E-state index in [2.05, 4.69) is 10.4 Å². The van der Waals surface area contributed by atoms with Crippen molar-refractivity contribution < 1.29 is 14.7 Å². The van der Waals surface area contributed by atoms with E-state index in [1.807, 2.05) is 0 Å². The van der Waals surface area contributed by atoms with Gasteiger partial charge in [-0.05, 0) is 6.92 Å². The van der Waals surface area contributed by atoms with Crippen LogP contribution in [0, 0.1) is 6.92 Å². The molecule has 0 aliphatic carbocycles. The first-order valence-corrected chi connectivity index (χ1v) is 4.51. The highest BCUT2D eigenvalue weighted by atomic mass is 16.4. The van der Waals surface area contributed by atoms with Crippen LogP contribution in [0.1, 0.15) is 22.5 Å². The number of nitrogens with zero attached hydrogens (tertiary/aromatic N) is 2. The summed E-state index contributed by atoms with van der Waals surface area (Å²) in [5.41, 5.74) is 1.10. The SMILES string of the molecule is Cc1cn(C)nc1C(=O)NCCC(=O)O. The molecule has 0 unspecified atom stereocenters. The Morgan fingerprint density at radius 1 is 1.60 bits per heavy atom. The largest absolute Gasteiger partial charge is 0.481 e. The van der Waals surface area contributed by atoms with Crippen LogP contribution in [-0.4, -0.2) is 33.3 Å². The lowest BCUT2D eigenvalue weighted by atomic mass is 10.2. The van der Waals surface area contributed by atoms with E-state index in [1.54, 1.807) is 24.9 Å². The summed E-state index contributed by atoms with van der Waals surface area (Å²) in [6.07, 6.45) is 1.64. The van der Waals surface area contributed by atoms with Crippen molar-refractivity contribution in [3.8, 4) is 0 Å². The third-order valence-corrected chi connectivity index (χ3v) is 1.85. The maximum atomic E-state index is 11.5. The minimum Gasteiger partial charge on any atom is -0.481 e. The van der Waals surface area contributed by atoms with Crippen molar-refractivity contribution >= 4 is 11.9 Å². The number of carboxylic acids is 1. The predicted octanol–water partition coefficient (Wildman–Crippen LogP) is -0.0670. The number of carbonyl (C=O) groups is 2. The highest BCUT2D eigenvalue weighted by Gasteiger charge is 2.12. The van der Waals surface area contributed by atoms with Gasteiger partial charge in [0.25, 0.3) is 5.91 Å². The lowest BCUT2D eigenvalue weighted by Gasteiger charge is -2.00. The summed E-state index contributed by atoms with van der Waals surface area (Å²) in [6.45, 7) is 1.89. The van der Waals surface area contributed by atoms with E-state index in [-0.39, 0.29) is 18.9 Å². The van der Waals surface area contributed by atoms with E-state index < -0.39 is 5.97 Å². The average Bonchev–Trinajstić information content (AvgIpc) is 2.44. The van der Waals surface area contributed by atoms with Crippen molar-refractivity contribution in [2.75, 3.05) is 6.54 Å². The number of rotatable bonds is 4. The molecule has 0 aromatic carbocycles. The Morgan fingerprint density at radius 2 is 2.27 bits per heavy atom. The van der Waals surface area contributed by atoms with Gasteiger partial charge in [0, 0.05) is 25.4 Å². The molecule has 6 nitrogen and oxygen atoms in total. The number of hydrogen-bond acceptors (Lipinski definition) is 3. The number of aryl methyl sites for hydroxylation is 2. The van der Waals surface area contributed by atoms with E-state index in [0.29, 0.717) is 5.69 Å². The molecule has 6 heteroatoms. The maximum Gasteiger partial charge on any atom is 0.305 e. The number of carbonyl (C=O) groups excluding carboxylic acids is 1. The molecular formula is C9H13N3O3. The van der Waals surface area contributed by atoms with Crippen LogP contribution < -0.4 is 5.32 Å². The molecule has 0 radical (unpaired) electrons. The highest BCUT2D eigenvalue weighted by Crippen LogP contribution is 2.03. The summed E-state index contributed by atoms with van der Waals surface area (Å²) in [7, 11) is 1.72. The van der Waals surface area contributed by atoms with Crippen LogP contribution in [0.15, 0.2) is 6.20 Å². The molecule has 0 saturated heterocycles. The minimum atomic E-state index is -0.937. The first-order valence-electron chi connectivity index (χ1n) is 4.51. The van der Waals surface area contributed by atoms with E-state index in [1.165, 1.54) is 0 Å². The second-order valence-corrected chi connectivity index (χ2v) is 3.23. The molecule has 0 saturated carbocycles. The number of nitrogens with one attached hydrogen (secondary N) is 1. The summed E-state index contributed by atoms with van der Waals surface area (Å²) >= 11 is 0. The summed E-state index contributed by atoms with van der Waals surface area (Å²) in [5.74, 6) is -1.28. The molecule has 0 fully saturated rings. The molecule has 1 aromatic rings. The normalized spacial score (nSPS) is 10.0. The highest BCUT2D eigenvalue weighted by molar-refractivity contribution is 5.93. The molecule has 1 heterocycles. The van der Waals surface area contributed by atoms with Crippen LogP contribution >= 0.6 is 0 Å². The van der Waals surface area contributed by atoms with Crippen LogP contribution in [0.4, 0.5) is 0 Å². The van der Waals surface area contributed by atoms with Gasteiger partial charge in [0.05, 0.1) is 6.42 Å². The summed E-state index contributed by atoms with van der Waals surface area (Å²) in [6, 6.07) is 0. The van der Waals surface area contributed by atoms with E-state index in [0.717, 1.165) is 5.56 Å². The van der Waals surface area contributed by atoms with Crippen LogP contribution in [0.2, 0.25) is 0 Å². The molecule has 0 atom stereocenters. The van der Waals surface area contributed by atoms with E-state index in [9.17, 15) is 9.59 Å². The second kappa shape index (κ2) is 4.59. The number of carboxylic acid groups (broad SMARTS) is 1. The molecule has 1 rings (SSSR count). The van der Waals surface area contributed by atoms with Crippen molar-refractivity contribution in [3.63, 3.8) is 0 Å². The fraction of sp³-hybridized carbons (Fsp3) is 0.444. The summed E-state index contributed by atoms with van der Waals surface area (Å²) in [4.78, 5) is 21.7. The first-order chi connectivity index (χ1) is 7.00. The third kappa shape index (κ3) is 3.08. The second-order valence-electron chi connectivity index (χ2n) is 3.23. The van der Waals surface area contributed by atoms with E-state index >= 15 is 0 Å². The number of hydrogen-bond donors (Lipinski definition) is 2. The molecular weight excluding hydrogens is 198 g/mol. The summed E-state index contributed by atoms with van der Waals surface area (Å²) < 4.78 is 1.54. The zero-order valence-corrected chi connectivity index (χ0v) is 8.65. The molecule has 0 aliphatic heterocycles. The van der Waals surface area contributed by atoms with Gasteiger partial charge in [-0.25, -0.2) is 0 Å². The molecule has 2 N–H and O–H groups in total. The smallest absolute Gasteiger partial charge is 0.305 e. The van der Waals surface area contributed by atoms with Gasteiger partial charge >= 0.3 is 5.97 Å². The zero-order chi connectivity index (χ0) is 11.4. The quantitative estimate of drug-likeness (QED) is 0.730. The van der Waals surface area contributed by atoms with Crippen molar-refractivity contribution in [1.82, 2.24) is 15.1 Å². The van der Waals surface area contributed by atoms with Crippen molar-refractivity contribution in [2.45, 2.75) is 13.3 Å². The van der Waals surface area contributed by atoms with Gasteiger partial charge in [0.2, 0.25) is 0 Å². The van der Waals surface area contributed by atoms with Crippen LogP contribution in [0.5, 0.6) is 0 Å². The molecule has 1 amide bonds. The van der Waals surface area contributed by atoms with Gasteiger partial charge in [-0.1, -0.05) is 0 Å². The lowest BCUT2D eigenvalue weighted by molar-refractivity contribution is -0.136.